The van der Waals surface area contributed by atoms with E-state index in [0.717, 1.165) is 25.1 Å². The summed E-state index contributed by atoms with van der Waals surface area (Å²) in [4.78, 5) is 0. The lowest BCUT2D eigenvalue weighted by molar-refractivity contribution is 0.104. The van der Waals surface area contributed by atoms with E-state index in [1.165, 1.54) is 0 Å². The third kappa shape index (κ3) is 5.14. The first kappa shape index (κ1) is 13.0. The number of ether oxygens (including phenoxy) is 1. The van der Waals surface area contributed by atoms with Crippen LogP contribution in [0.1, 0.15) is 19.8 Å². The number of hydrogen-bond donors (Lipinski definition) is 2. The van der Waals surface area contributed by atoms with E-state index >= 15 is 0 Å². The third-order valence-corrected chi connectivity index (χ3v) is 2.33. The summed E-state index contributed by atoms with van der Waals surface area (Å²) in [5.74, 6) is 0. The molecule has 0 amide bonds. The van der Waals surface area contributed by atoms with Gasteiger partial charge in [0.2, 0.25) is 0 Å². The van der Waals surface area contributed by atoms with Crippen molar-refractivity contribution in [3.05, 3.63) is 30.3 Å². The van der Waals surface area contributed by atoms with Crippen LogP contribution in [-0.2, 0) is 4.74 Å². The van der Waals surface area contributed by atoms with E-state index in [0.29, 0.717) is 6.61 Å². The molecule has 3 heteroatoms. The Balaban J connectivity index is 2.26. The molecule has 0 saturated carbocycles. The number of aliphatic hydroxyl groups is 1. The molecule has 90 valence electrons. The second-order valence-electron chi connectivity index (χ2n) is 3.82. The van der Waals surface area contributed by atoms with E-state index in [-0.39, 0.29) is 12.6 Å². The largest absolute Gasteiger partial charge is 0.394 e. The Morgan fingerprint density at radius 3 is 2.69 bits per heavy atom. The Bertz CT molecular complexity index is 264. The molecular formula is C13H21NO2. The van der Waals surface area contributed by atoms with Gasteiger partial charge in [0.25, 0.3) is 0 Å². The normalized spacial score (nSPS) is 12.4. The van der Waals surface area contributed by atoms with Crippen LogP contribution in [0.5, 0.6) is 0 Å². The van der Waals surface area contributed by atoms with Crippen LogP contribution in [0.4, 0.5) is 5.69 Å². The molecule has 1 rings (SSSR count). The van der Waals surface area contributed by atoms with Gasteiger partial charge in [-0.1, -0.05) is 31.5 Å². The van der Waals surface area contributed by atoms with E-state index in [1.807, 2.05) is 30.3 Å². The lowest BCUT2D eigenvalue weighted by Crippen LogP contribution is -2.29. The Kier molecular flexibility index (Phi) is 6.61. The minimum Gasteiger partial charge on any atom is -0.394 e. The summed E-state index contributed by atoms with van der Waals surface area (Å²) < 4.78 is 5.48. The van der Waals surface area contributed by atoms with Gasteiger partial charge in [0.05, 0.1) is 19.3 Å². The molecular weight excluding hydrogens is 202 g/mol. The van der Waals surface area contributed by atoms with Crippen LogP contribution in [0.3, 0.4) is 0 Å². The predicted octanol–water partition coefficient (Wildman–Crippen LogP) is 2.28. The average Bonchev–Trinajstić information content (AvgIpc) is 2.34. The van der Waals surface area contributed by atoms with E-state index in [2.05, 4.69) is 12.2 Å². The Morgan fingerprint density at radius 1 is 1.31 bits per heavy atom. The molecule has 1 aromatic carbocycles. The standard InChI is InChI=1S/C13H21NO2/c1-2-3-9-16-11-13(10-15)14-12-7-5-4-6-8-12/h4-8,13-15H,2-3,9-11H2,1H3. The van der Waals surface area contributed by atoms with Gasteiger partial charge in [-0.15, -0.1) is 0 Å². The van der Waals surface area contributed by atoms with E-state index in [4.69, 9.17) is 4.74 Å². The molecule has 16 heavy (non-hydrogen) atoms. The second kappa shape index (κ2) is 8.13. The highest BCUT2D eigenvalue weighted by molar-refractivity contribution is 5.43. The zero-order chi connectivity index (χ0) is 11.6. The van der Waals surface area contributed by atoms with Gasteiger partial charge in [-0.2, -0.15) is 0 Å². The lowest BCUT2D eigenvalue weighted by atomic mass is 10.2. The molecule has 0 fully saturated rings. The Morgan fingerprint density at radius 2 is 2.06 bits per heavy atom. The summed E-state index contributed by atoms with van der Waals surface area (Å²) in [6.07, 6.45) is 2.21. The van der Waals surface area contributed by atoms with Gasteiger partial charge in [-0.3, -0.25) is 0 Å². The van der Waals surface area contributed by atoms with Crippen molar-refractivity contribution < 1.29 is 9.84 Å². The van der Waals surface area contributed by atoms with Gasteiger partial charge in [0, 0.05) is 12.3 Å². The van der Waals surface area contributed by atoms with Crippen molar-refractivity contribution in [2.75, 3.05) is 25.1 Å². The summed E-state index contributed by atoms with van der Waals surface area (Å²) in [5, 5.41) is 12.4. The number of rotatable bonds is 8. The van der Waals surface area contributed by atoms with Crippen LogP contribution >= 0.6 is 0 Å². The average molecular weight is 223 g/mol. The Hall–Kier alpha value is -1.06. The fourth-order valence-electron chi connectivity index (χ4n) is 1.38. The number of aliphatic hydroxyl groups excluding tert-OH is 1. The summed E-state index contributed by atoms with van der Waals surface area (Å²) in [6, 6.07) is 9.84. The highest BCUT2D eigenvalue weighted by atomic mass is 16.5. The summed E-state index contributed by atoms with van der Waals surface area (Å²) in [5.41, 5.74) is 1.01. The smallest absolute Gasteiger partial charge is 0.0725 e. The first-order valence-electron chi connectivity index (χ1n) is 5.87. The maximum absolute atomic E-state index is 9.20. The van der Waals surface area contributed by atoms with Crippen LogP contribution in [-0.4, -0.2) is 31.0 Å². The van der Waals surface area contributed by atoms with Crippen LogP contribution in [0.15, 0.2) is 30.3 Å². The minimum atomic E-state index is -0.0285. The monoisotopic (exact) mass is 223 g/mol. The van der Waals surface area contributed by atoms with Crippen molar-refractivity contribution in [1.82, 2.24) is 0 Å². The van der Waals surface area contributed by atoms with Gasteiger partial charge in [0.15, 0.2) is 0 Å². The van der Waals surface area contributed by atoms with Crippen LogP contribution in [0.25, 0.3) is 0 Å². The predicted molar refractivity (Wildman–Crippen MR) is 66.7 cm³/mol. The molecule has 0 aliphatic carbocycles. The van der Waals surface area contributed by atoms with Crippen LogP contribution in [0, 0.1) is 0 Å². The molecule has 0 radical (unpaired) electrons. The molecule has 0 heterocycles. The van der Waals surface area contributed by atoms with Gasteiger partial charge < -0.3 is 15.2 Å². The molecule has 1 aromatic rings. The molecule has 0 aliphatic heterocycles. The number of hydrogen-bond acceptors (Lipinski definition) is 3. The first-order chi connectivity index (χ1) is 7.86. The fourth-order valence-corrected chi connectivity index (χ4v) is 1.38. The molecule has 0 aliphatic rings. The van der Waals surface area contributed by atoms with Gasteiger partial charge in [0.1, 0.15) is 0 Å². The number of unbranched alkanes of at least 4 members (excludes halogenated alkanes) is 1. The van der Waals surface area contributed by atoms with E-state index in [1.54, 1.807) is 0 Å². The SMILES string of the molecule is CCCCOCC(CO)Nc1ccccc1. The first-order valence-corrected chi connectivity index (χ1v) is 5.87. The zero-order valence-corrected chi connectivity index (χ0v) is 9.86. The van der Waals surface area contributed by atoms with Gasteiger partial charge >= 0.3 is 0 Å². The summed E-state index contributed by atoms with van der Waals surface area (Å²) in [7, 11) is 0. The Labute approximate surface area is 97.4 Å². The van der Waals surface area contributed by atoms with Crippen molar-refractivity contribution in [2.45, 2.75) is 25.8 Å². The number of anilines is 1. The molecule has 0 aromatic heterocycles. The number of nitrogens with one attached hydrogen (secondary N) is 1. The summed E-state index contributed by atoms with van der Waals surface area (Å²) >= 11 is 0. The van der Waals surface area contributed by atoms with Gasteiger partial charge in [-0.25, -0.2) is 0 Å². The molecule has 1 atom stereocenters. The highest BCUT2D eigenvalue weighted by Crippen LogP contribution is 2.07. The molecule has 1 unspecified atom stereocenters. The molecule has 0 spiro atoms. The molecule has 0 saturated heterocycles. The topological polar surface area (TPSA) is 41.5 Å². The number of para-hydroxylation sites is 1. The third-order valence-electron chi connectivity index (χ3n) is 2.33. The van der Waals surface area contributed by atoms with Crippen molar-refractivity contribution in [3.63, 3.8) is 0 Å². The zero-order valence-electron chi connectivity index (χ0n) is 9.86. The maximum Gasteiger partial charge on any atom is 0.0725 e. The van der Waals surface area contributed by atoms with Crippen molar-refractivity contribution >= 4 is 5.69 Å². The van der Waals surface area contributed by atoms with E-state index in [9.17, 15) is 5.11 Å². The van der Waals surface area contributed by atoms with Crippen LogP contribution in [0.2, 0.25) is 0 Å². The minimum absolute atomic E-state index is 0.0285. The second-order valence-corrected chi connectivity index (χ2v) is 3.82. The quantitative estimate of drug-likeness (QED) is 0.664. The maximum atomic E-state index is 9.20. The van der Waals surface area contributed by atoms with Gasteiger partial charge in [-0.05, 0) is 18.6 Å². The highest BCUT2D eigenvalue weighted by Gasteiger charge is 2.06. The summed E-state index contributed by atoms with van der Waals surface area (Å²) in [6.45, 7) is 3.53. The van der Waals surface area contributed by atoms with Crippen molar-refractivity contribution in [3.8, 4) is 0 Å². The van der Waals surface area contributed by atoms with Crippen molar-refractivity contribution in [1.29, 1.82) is 0 Å². The molecule has 3 nitrogen and oxygen atoms in total. The fraction of sp³-hybridized carbons (Fsp3) is 0.538. The molecule has 0 bridgehead atoms. The van der Waals surface area contributed by atoms with Crippen molar-refractivity contribution in [2.24, 2.45) is 0 Å². The van der Waals surface area contributed by atoms with E-state index < -0.39 is 0 Å². The molecule has 2 N–H and O–H groups in total. The van der Waals surface area contributed by atoms with Crippen LogP contribution < -0.4 is 5.32 Å². The number of benzene rings is 1. The lowest BCUT2D eigenvalue weighted by Gasteiger charge is -2.17.